The molecule has 2 aromatic rings. The van der Waals surface area contributed by atoms with Crippen molar-refractivity contribution in [1.82, 2.24) is 4.98 Å². The molecule has 0 aliphatic rings. The highest BCUT2D eigenvalue weighted by Crippen LogP contribution is 2.24. The van der Waals surface area contributed by atoms with E-state index in [1.807, 2.05) is 13.0 Å². The summed E-state index contributed by atoms with van der Waals surface area (Å²) in [5.74, 6) is 1.18. The maximum atomic E-state index is 8.98. The quantitative estimate of drug-likeness (QED) is 0.765. The van der Waals surface area contributed by atoms with Crippen molar-refractivity contribution < 1.29 is 4.74 Å². The molecular formula is C13H10N2O. The van der Waals surface area contributed by atoms with E-state index in [1.165, 1.54) is 0 Å². The average molecular weight is 210 g/mol. The molecular weight excluding hydrogens is 200 g/mol. The molecule has 78 valence electrons. The molecule has 0 saturated carbocycles. The predicted molar refractivity (Wildman–Crippen MR) is 60.2 cm³/mol. The molecule has 0 radical (unpaired) electrons. The minimum absolute atomic E-state index is 0.531. The number of ether oxygens (including phenoxy) is 1. The first kappa shape index (κ1) is 10.2. The Bertz CT molecular complexity index is 529. The maximum absolute atomic E-state index is 8.98. The van der Waals surface area contributed by atoms with Crippen molar-refractivity contribution in [2.45, 2.75) is 6.92 Å². The zero-order chi connectivity index (χ0) is 11.4. The Hall–Kier alpha value is -2.34. The van der Waals surface area contributed by atoms with Gasteiger partial charge in [0.25, 0.3) is 0 Å². The SMILES string of the molecule is Cc1ccc(Oc2cccnc2)c(C#N)c1. The predicted octanol–water partition coefficient (Wildman–Crippen LogP) is 3.05. The molecule has 1 heterocycles. The topological polar surface area (TPSA) is 45.9 Å². The van der Waals surface area contributed by atoms with Crippen molar-refractivity contribution in [2.75, 3.05) is 0 Å². The standard InChI is InChI=1S/C13H10N2O/c1-10-4-5-13(11(7-10)8-14)16-12-3-2-6-15-9-12/h2-7,9H,1H3. The van der Waals surface area contributed by atoms with Gasteiger partial charge in [0.1, 0.15) is 17.6 Å². The summed E-state index contributed by atoms with van der Waals surface area (Å²) in [5, 5.41) is 8.98. The second kappa shape index (κ2) is 4.45. The van der Waals surface area contributed by atoms with Crippen molar-refractivity contribution in [3.63, 3.8) is 0 Å². The van der Waals surface area contributed by atoms with Crippen LogP contribution < -0.4 is 4.74 Å². The molecule has 0 spiro atoms. The van der Waals surface area contributed by atoms with Gasteiger partial charge in [0.2, 0.25) is 0 Å². The van der Waals surface area contributed by atoms with Gasteiger partial charge < -0.3 is 4.74 Å². The molecule has 16 heavy (non-hydrogen) atoms. The Kier molecular flexibility index (Phi) is 2.84. The Morgan fingerprint density at radius 3 is 2.88 bits per heavy atom. The molecule has 3 nitrogen and oxygen atoms in total. The van der Waals surface area contributed by atoms with Crippen LogP contribution in [0, 0.1) is 18.3 Å². The normalized spacial score (nSPS) is 9.50. The summed E-state index contributed by atoms with van der Waals surface area (Å²) in [7, 11) is 0. The zero-order valence-electron chi connectivity index (χ0n) is 8.84. The van der Waals surface area contributed by atoms with Crippen LogP contribution in [-0.4, -0.2) is 4.98 Å². The molecule has 0 N–H and O–H groups in total. The molecule has 1 aromatic heterocycles. The average Bonchev–Trinajstić information content (AvgIpc) is 2.33. The van der Waals surface area contributed by atoms with Crippen LogP contribution in [0.4, 0.5) is 0 Å². The first-order chi connectivity index (χ1) is 7.79. The van der Waals surface area contributed by atoms with Crippen LogP contribution in [0.3, 0.4) is 0 Å². The lowest BCUT2D eigenvalue weighted by molar-refractivity contribution is 0.478. The third-order valence-corrected chi connectivity index (χ3v) is 2.12. The summed E-state index contributed by atoms with van der Waals surface area (Å²) in [6.07, 6.45) is 3.29. The van der Waals surface area contributed by atoms with Crippen molar-refractivity contribution in [3.05, 3.63) is 53.9 Å². The van der Waals surface area contributed by atoms with Crippen molar-refractivity contribution >= 4 is 0 Å². The molecule has 0 amide bonds. The van der Waals surface area contributed by atoms with E-state index in [9.17, 15) is 0 Å². The van der Waals surface area contributed by atoms with Crippen LogP contribution in [0.25, 0.3) is 0 Å². The first-order valence-corrected chi connectivity index (χ1v) is 4.88. The van der Waals surface area contributed by atoms with Gasteiger partial charge >= 0.3 is 0 Å². The number of nitrogens with zero attached hydrogens (tertiary/aromatic N) is 2. The van der Waals surface area contributed by atoms with E-state index in [2.05, 4.69) is 11.1 Å². The molecule has 0 fully saturated rings. The van der Waals surface area contributed by atoms with Gasteiger partial charge in [-0.2, -0.15) is 5.26 Å². The van der Waals surface area contributed by atoms with E-state index in [1.54, 1.807) is 36.7 Å². The Morgan fingerprint density at radius 1 is 1.31 bits per heavy atom. The number of pyridine rings is 1. The largest absolute Gasteiger partial charge is 0.454 e. The molecule has 3 heteroatoms. The van der Waals surface area contributed by atoms with E-state index in [0.717, 1.165) is 5.56 Å². The zero-order valence-corrected chi connectivity index (χ0v) is 8.84. The molecule has 0 aliphatic carbocycles. The molecule has 1 aromatic carbocycles. The summed E-state index contributed by atoms with van der Waals surface area (Å²) in [5.41, 5.74) is 1.57. The minimum Gasteiger partial charge on any atom is -0.454 e. The minimum atomic E-state index is 0.531. The van der Waals surface area contributed by atoms with Crippen molar-refractivity contribution in [3.8, 4) is 17.6 Å². The number of aromatic nitrogens is 1. The Balaban J connectivity index is 2.32. The van der Waals surface area contributed by atoms with Gasteiger partial charge in [-0.1, -0.05) is 6.07 Å². The van der Waals surface area contributed by atoms with Crippen LogP contribution in [0.2, 0.25) is 0 Å². The van der Waals surface area contributed by atoms with Gasteiger partial charge in [0, 0.05) is 6.20 Å². The van der Waals surface area contributed by atoms with Crippen LogP contribution in [0.5, 0.6) is 11.5 Å². The fraction of sp³-hybridized carbons (Fsp3) is 0.0769. The Morgan fingerprint density at radius 2 is 2.19 bits per heavy atom. The molecule has 0 unspecified atom stereocenters. The lowest BCUT2D eigenvalue weighted by atomic mass is 10.1. The summed E-state index contributed by atoms with van der Waals surface area (Å²) >= 11 is 0. The summed E-state index contributed by atoms with van der Waals surface area (Å²) in [6.45, 7) is 1.94. The smallest absolute Gasteiger partial charge is 0.145 e. The summed E-state index contributed by atoms with van der Waals surface area (Å²) in [4.78, 5) is 3.95. The fourth-order valence-corrected chi connectivity index (χ4v) is 1.35. The van der Waals surface area contributed by atoms with Gasteiger partial charge in [0.05, 0.1) is 11.8 Å². The summed E-state index contributed by atoms with van der Waals surface area (Å²) in [6, 6.07) is 11.2. The van der Waals surface area contributed by atoms with E-state index >= 15 is 0 Å². The lowest BCUT2D eigenvalue weighted by Gasteiger charge is -2.06. The number of nitriles is 1. The van der Waals surface area contributed by atoms with Gasteiger partial charge in [0.15, 0.2) is 0 Å². The second-order valence-electron chi connectivity index (χ2n) is 3.40. The maximum Gasteiger partial charge on any atom is 0.145 e. The van der Waals surface area contributed by atoms with Gasteiger partial charge in [-0.15, -0.1) is 0 Å². The van der Waals surface area contributed by atoms with Crippen LogP contribution in [-0.2, 0) is 0 Å². The first-order valence-electron chi connectivity index (χ1n) is 4.88. The van der Waals surface area contributed by atoms with E-state index in [4.69, 9.17) is 10.00 Å². The molecule has 0 saturated heterocycles. The third-order valence-electron chi connectivity index (χ3n) is 2.12. The molecule has 0 aliphatic heterocycles. The number of rotatable bonds is 2. The number of aryl methyl sites for hydroxylation is 1. The van der Waals surface area contributed by atoms with E-state index < -0.39 is 0 Å². The molecule has 0 atom stereocenters. The highest BCUT2D eigenvalue weighted by molar-refractivity contribution is 5.46. The highest BCUT2D eigenvalue weighted by atomic mass is 16.5. The van der Waals surface area contributed by atoms with Gasteiger partial charge in [-0.05, 0) is 36.8 Å². The number of benzene rings is 1. The Labute approximate surface area is 93.9 Å². The lowest BCUT2D eigenvalue weighted by Crippen LogP contribution is -1.89. The van der Waals surface area contributed by atoms with Crippen LogP contribution >= 0.6 is 0 Å². The number of hydrogen-bond donors (Lipinski definition) is 0. The second-order valence-corrected chi connectivity index (χ2v) is 3.40. The monoisotopic (exact) mass is 210 g/mol. The van der Waals surface area contributed by atoms with E-state index in [0.29, 0.717) is 17.1 Å². The summed E-state index contributed by atoms with van der Waals surface area (Å²) < 4.78 is 5.57. The van der Waals surface area contributed by atoms with Crippen molar-refractivity contribution in [2.24, 2.45) is 0 Å². The van der Waals surface area contributed by atoms with Gasteiger partial charge in [-0.25, -0.2) is 0 Å². The fourth-order valence-electron chi connectivity index (χ4n) is 1.35. The highest BCUT2D eigenvalue weighted by Gasteiger charge is 2.04. The van der Waals surface area contributed by atoms with Crippen LogP contribution in [0.15, 0.2) is 42.7 Å². The molecule has 0 bridgehead atoms. The van der Waals surface area contributed by atoms with E-state index in [-0.39, 0.29) is 0 Å². The molecule has 2 rings (SSSR count). The number of hydrogen-bond acceptors (Lipinski definition) is 3. The van der Waals surface area contributed by atoms with Crippen LogP contribution in [0.1, 0.15) is 11.1 Å². The third kappa shape index (κ3) is 2.18. The van der Waals surface area contributed by atoms with Gasteiger partial charge in [-0.3, -0.25) is 4.98 Å². The van der Waals surface area contributed by atoms with Crippen molar-refractivity contribution in [1.29, 1.82) is 5.26 Å².